The van der Waals surface area contributed by atoms with E-state index < -0.39 is 0 Å². The van der Waals surface area contributed by atoms with Crippen molar-refractivity contribution in [2.24, 2.45) is 0 Å². The SMILES string of the molecule is c1csc(C(CNCc2ncc[nH]2)N2CCCC2)c1. The highest BCUT2D eigenvalue weighted by Crippen LogP contribution is 2.27. The second-order valence-electron chi connectivity index (χ2n) is 4.94. The molecule has 2 aromatic heterocycles. The van der Waals surface area contributed by atoms with Gasteiger partial charge in [0.05, 0.1) is 12.6 Å². The van der Waals surface area contributed by atoms with Crippen LogP contribution in [0.1, 0.15) is 29.6 Å². The van der Waals surface area contributed by atoms with Gasteiger partial charge in [-0.25, -0.2) is 4.98 Å². The number of likely N-dealkylation sites (tertiary alicyclic amines) is 1. The molecule has 3 rings (SSSR count). The second-order valence-corrected chi connectivity index (χ2v) is 5.92. The van der Waals surface area contributed by atoms with Crippen molar-refractivity contribution >= 4 is 11.3 Å². The van der Waals surface area contributed by atoms with Crippen LogP contribution in [-0.2, 0) is 6.54 Å². The van der Waals surface area contributed by atoms with Gasteiger partial charge in [0.25, 0.3) is 0 Å². The summed E-state index contributed by atoms with van der Waals surface area (Å²) in [6.45, 7) is 4.25. The minimum Gasteiger partial charge on any atom is -0.348 e. The van der Waals surface area contributed by atoms with Gasteiger partial charge in [-0.1, -0.05) is 6.07 Å². The van der Waals surface area contributed by atoms with Crippen LogP contribution in [0.25, 0.3) is 0 Å². The van der Waals surface area contributed by atoms with E-state index in [1.165, 1.54) is 30.8 Å². The number of hydrogen-bond donors (Lipinski definition) is 2. The van der Waals surface area contributed by atoms with E-state index in [2.05, 4.69) is 37.7 Å². The number of aromatic nitrogens is 2. The fraction of sp³-hybridized carbons (Fsp3) is 0.500. The molecule has 1 atom stereocenters. The number of hydrogen-bond acceptors (Lipinski definition) is 4. The zero-order valence-corrected chi connectivity index (χ0v) is 11.8. The fourth-order valence-corrected chi connectivity index (χ4v) is 3.53. The van der Waals surface area contributed by atoms with Crippen molar-refractivity contribution < 1.29 is 0 Å². The van der Waals surface area contributed by atoms with Gasteiger partial charge in [-0.05, 0) is 37.4 Å². The first-order valence-electron chi connectivity index (χ1n) is 6.90. The summed E-state index contributed by atoms with van der Waals surface area (Å²) in [5.41, 5.74) is 0. The van der Waals surface area contributed by atoms with Crippen LogP contribution in [0.4, 0.5) is 0 Å². The lowest BCUT2D eigenvalue weighted by atomic mass is 10.2. The Bertz CT molecular complexity index is 460. The third-order valence-corrected chi connectivity index (χ3v) is 4.61. The maximum atomic E-state index is 4.24. The number of nitrogens with zero attached hydrogens (tertiary/aromatic N) is 2. The van der Waals surface area contributed by atoms with Crippen LogP contribution in [-0.4, -0.2) is 34.5 Å². The molecule has 2 N–H and O–H groups in total. The van der Waals surface area contributed by atoms with Crippen molar-refractivity contribution in [2.75, 3.05) is 19.6 Å². The van der Waals surface area contributed by atoms with Crippen molar-refractivity contribution in [1.29, 1.82) is 0 Å². The molecule has 1 saturated heterocycles. The Morgan fingerprint density at radius 1 is 1.42 bits per heavy atom. The molecule has 0 radical (unpaired) electrons. The van der Waals surface area contributed by atoms with E-state index >= 15 is 0 Å². The predicted octanol–water partition coefficient (Wildman–Crippen LogP) is 2.40. The molecule has 0 aromatic carbocycles. The summed E-state index contributed by atoms with van der Waals surface area (Å²) in [7, 11) is 0. The molecular formula is C14H20N4S. The van der Waals surface area contributed by atoms with Gasteiger partial charge >= 0.3 is 0 Å². The van der Waals surface area contributed by atoms with E-state index in [1.54, 1.807) is 6.20 Å². The monoisotopic (exact) mass is 276 g/mol. The molecule has 0 saturated carbocycles. The van der Waals surface area contributed by atoms with Crippen LogP contribution >= 0.6 is 11.3 Å². The highest BCUT2D eigenvalue weighted by atomic mass is 32.1. The smallest absolute Gasteiger partial charge is 0.120 e. The first-order chi connectivity index (χ1) is 9.43. The van der Waals surface area contributed by atoms with Crippen LogP contribution in [0.5, 0.6) is 0 Å². The zero-order valence-electron chi connectivity index (χ0n) is 11.0. The van der Waals surface area contributed by atoms with E-state index in [4.69, 9.17) is 0 Å². The Balaban J connectivity index is 1.59. The summed E-state index contributed by atoms with van der Waals surface area (Å²) in [5.74, 6) is 1.01. The maximum absolute atomic E-state index is 4.24. The Hall–Kier alpha value is -1.17. The van der Waals surface area contributed by atoms with Crippen molar-refractivity contribution in [1.82, 2.24) is 20.2 Å². The number of nitrogens with one attached hydrogen (secondary N) is 2. The molecule has 19 heavy (non-hydrogen) atoms. The average Bonchev–Trinajstić information content (AvgIpc) is 3.15. The molecule has 1 aliphatic rings. The van der Waals surface area contributed by atoms with Gasteiger partial charge < -0.3 is 10.3 Å². The summed E-state index contributed by atoms with van der Waals surface area (Å²) in [4.78, 5) is 11.4. The number of thiophene rings is 1. The van der Waals surface area contributed by atoms with Gasteiger partial charge in [0.1, 0.15) is 5.82 Å². The van der Waals surface area contributed by atoms with Gasteiger partial charge in [-0.3, -0.25) is 4.90 Å². The van der Waals surface area contributed by atoms with Gasteiger partial charge in [-0.2, -0.15) is 0 Å². The fourth-order valence-electron chi connectivity index (χ4n) is 2.67. The summed E-state index contributed by atoms with van der Waals surface area (Å²) < 4.78 is 0. The van der Waals surface area contributed by atoms with Crippen LogP contribution in [0.2, 0.25) is 0 Å². The lowest BCUT2D eigenvalue weighted by molar-refractivity contribution is 0.241. The number of H-pyrrole nitrogens is 1. The minimum absolute atomic E-state index is 0.512. The van der Waals surface area contributed by atoms with Gasteiger partial charge in [0, 0.05) is 23.8 Å². The van der Waals surface area contributed by atoms with Gasteiger partial charge in [0.15, 0.2) is 0 Å². The number of imidazole rings is 1. The highest BCUT2D eigenvalue weighted by molar-refractivity contribution is 7.10. The van der Waals surface area contributed by atoms with Crippen LogP contribution in [0.3, 0.4) is 0 Å². The molecule has 1 unspecified atom stereocenters. The first-order valence-corrected chi connectivity index (χ1v) is 7.78. The molecule has 102 valence electrons. The summed E-state index contributed by atoms with van der Waals surface area (Å²) >= 11 is 1.86. The summed E-state index contributed by atoms with van der Waals surface area (Å²) in [6, 6.07) is 4.91. The maximum Gasteiger partial charge on any atom is 0.120 e. The molecule has 0 amide bonds. The van der Waals surface area contributed by atoms with Crippen molar-refractivity contribution in [2.45, 2.75) is 25.4 Å². The second kappa shape index (κ2) is 6.32. The van der Waals surface area contributed by atoms with Crippen LogP contribution < -0.4 is 5.32 Å². The molecule has 4 nitrogen and oxygen atoms in total. The highest BCUT2D eigenvalue weighted by Gasteiger charge is 2.23. The van der Waals surface area contributed by atoms with Crippen molar-refractivity contribution in [3.8, 4) is 0 Å². The summed E-state index contributed by atoms with van der Waals surface area (Å²) in [6.07, 6.45) is 6.34. The predicted molar refractivity (Wildman–Crippen MR) is 78.2 cm³/mol. The molecule has 0 aliphatic carbocycles. The molecule has 1 aliphatic heterocycles. The molecular weight excluding hydrogens is 256 g/mol. The third-order valence-electron chi connectivity index (χ3n) is 3.64. The Labute approximate surface area is 117 Å². The number of rotatable bonds is 6. The molecule has 1 fully saturated rings. The van der Waals surface area contributed by atoms with Crippen LogP contribution in [0.15, 0.2) is 29.9 Å². The molecule has 2 aromatic rings. The zero-order chi connectivity index (χ0) is 12.9. The molecule has 5 heteroatoms. The van der Waals surface area contributed by atoms with Crippen LogP contribution in [0, 0.1) is 0 Å². The van der Waals surface area contributed by atoms with Crippen molar-refractivity contribution in [3.63, 3.8) is 0 Å². The Morgan fingerprint density at radius 2 is 2.32 bits per heavy atom. The molecule has 0 spiro atoms. The molecule has 0 bridgehead atoms. The third kappa shape index (κ3) is 3.23. The van der Waals surface area contributed by atoms with E-state index in [0.29, 0.717) is 6.04 Å². The van der Waals surface area contributed by atoms with E-state index in [-0.39, 0.29) is 0 Å². The average molecular weight is 276 g/mol. The van der Waals surface area contributed by atoms with E-state index in [1.807, 2.05) is 17.5 Å². The number of aromatic amines is 1. The largest absolute Gasteiger partial charge is 0.348 e. The first kappa shape index (κ1) is 12.8. The topological polar surface area (TPSA) is 44.0 Å². The lowest BCUT2D eigenvalue weighted by Crippen LogP contribution is -2.33. The van der Waals surface area contributed by atoms with Gasteiger partial charge in [0.2, 0.25) is 0 Å². The Morgan fingerprint density at radius 3 is 3.00 bits per heavy atom. The lowest BCUT2D eigenvalue weighted by Gasteiger charge is -2.26. The minimum atomic E-state index is 0.512. The van der Waals surface area contributed by atoms with E-state index in [0.717, 1.165) is 18.9 Å². The van der Waals surface area contributed by atoms with E-state index in [9.17, 15) is 0 Å². The summed E-state index contributed by atoms with van der Waals surface area (Å²) in [5, 5.41) is 5.70. The Kier molecular flexibility index (Phi) is 4.27. The standard InChI is InChI=1S/C14H20N4S/c1-2-8-18(7-1)12(13-4-3-9-19-13)10-15-11-14-16-5-6-17-14/h3-6,9,12,15H,1-2,7-8,10-11H2,(H,16,17). The normalized spacial score (nSPS) is 17.9. The molecule has 3 heterocycles. The van der Waals surface area contributed by atoms with Gasteiger partial charge in [-0.15, -0.1) is 11.3 Å². The quantitative estimate of drug-likeness (QED) is 0.851. The van der Waals surface area contributed by atoms with Crippen molar-refractivity contribution in [3.05, 3.63) is 40.6 Å².